The normalized spacial score (nSPS) is 12.1. The summed E-state index contributed by atoms with van der Waals surface area (Å²) in [6.07, 6.45) is 1.40. The molecule has 0 aliphatic rings. The van der Waals surface area contributed by atoms with Crippen molar-refractivity contribution in [2.45, 2.75) is 26.8 Å². The van der Waals surface area contributed by atoms with Gasteiger partial charge in [0.25, 0.3) is 0 Å². The van der Waals surface area contributed by atoms with Crippen LogP contribution in [-0.2, 0) is 0 Å². The highest BCUT2D eigenvalue weighted by Gasteiger charge is 2.19. The maximum Gasteiger partial charge on any atom is 0.236 e. The van der Waals surface area contributed by atoms with Gasteiger partial charge < -0.3 is 9.73 Å². The van der Waals surface area contributed by atoms with Crippen molar-refractivity contribution in [3.63, 3.8) is 0 Å². The summed E-state index contributed by atoms with van der Waals surface area (Å²) >= 11 is 0. The van der Waals surface area contributed by atoms with Crippen LogP contribution in [0.3, 0.4) is 0 Å². The molecule has 0 aliphatic heterocycles. The second-order valence-corrected chi connectivity index (χ2v) is 7.19. The third kappa shape index (κ3) is 3.51. The molecular weight excluding hydrogens is 367 g/mol. The number of fused-ring (bicyclic) bond motifs is 1. The van der Waals surface area contributed by atoms with Gasteiger partial charge >= 0.3 is 0 Å². The number of hydrogen-bond donors (Lipinski definition) is 1. The van der Waals surface area contributed by atoms with Crippen molar-refractivity contribution in [2.24, 2.45) is 0 Å². The summed E-state index contributed by atoms with van der Waals surface area (Å²) in [6, 6.07) is 16.4. The second kappa shape index (κ2) is 7.51. The van der Waals surface area contributed by atoms with Crippen molar-refractivity contribution in [3.8, 4) is 11.3 Å². The Morgan fingerprint density at radius 1 is 1.07 bits per heavy atom. The first-order chi connectivity index (χ1) is 14.0. The smallest absolute Gasteiger partial charge is 0.236 e. The van der Waals surface area contributed by atoms with Gasteiger partial charge in [-0.15, -0.1) is 0 Å². The monoisotopic (exact) mass is 388 g/mol. The Labute approximate surface area is 168 Å². The number of rotatable bonds is 4. The molecule has 1 N–H and O–H groups in total. The first-order valence-corrected chi connectivity index (χ1v) is 9.46. The lowest BCUT2D eigenvalue weighted by Gasteiger charge is -2.19. The maximum atomic E-state index is 14.0. The quantitative estimate of drug-likeness (QED) is 0.450. The molecule has 0 spiro atoms. The van der Waals surface area contributed by atoms with E-state index in [2.05, 4.69) is 10.3 Å². The number of benzene rings is 2. The molecule has 4 aromatic rings. The fourth-order valence-corrected chi connectivity index (χ4v) is 3.56. The van der Waals surface area contributed by atoms with Gasteiger partial charge in [0.1, 0.15) is 11.3 Å². The topological polar surface area (TPSA) is 55.1 Å². The lowest BCUT2D eigenvalue weighted by molar-refractivity contribution is 0.583. The Kier molecular flexibility index (Phi) is 4.89. The summed E-state index contributed by atoms with van der Waals surface area (Å²) in [5.41, 5.74) is 3.88. The third-order valence-corrected chi connectivity index (χ3v) is 5.03. The van der Waals surface area contributed by atoms with E-state index in [0.29, 0.717) is 28.0 Å². The highest BCUT2D eigenvalue weighted by molar-refractivity contribution is 5.84. The van der Waals surface area contributed by atoms with Gasteiger partial charge in [-0.05, 0) is 44.5 Å². The van der Waals surface area contributed by atoms with Gasteiger partial charge in [0.15, 0.2) is 5.43 Å². The molecule has 29 heavy (non-hydrogen) atoms. The number of aryl methyl sites for hydroxylation is 1. The molecule has 0 amide bonds. The number of nitrogens with zero attached hydrogens (tertiary/aromatic N) is 1. The standard InChI is InChI=1S/C24H21FN2O2/c1-14-12-18(16(3)27-20-10-7-11-26-24(20)25)23-19(13-14)21(28)15(2)22(29-23)17-8-5-4-6-9-17/h4-13,16,27H,1-3H3/t16-/m1/s1. The molecule has 4 rings (SSSR count). The average Bonchev–Trinajstić information content (AvgIpc) is 2.72. The van der Waals surface area contributed by atoms with Crippen LogP contribution in [0.15, 0.2) is 70.0 Å². The van der Waals surface area contributed by atoms with Gasteiger partial charge in [0.05, 0.1) is 17.1 Å². The van der Waals surface area contributed by atoms with E-state index in [1.54, 1.807) is 19.1 Å². The molecule has 0 saturated heterocycles. The molecule has 0 saturated carbocycles. The van der Waals surface area contributed by atoms with E-state index in [1.807, 2.05) is 56.3 Å². The zero-order chi connectivity index (χ0) is 20.5. The van der Waals surface area contributed by atoms with Gasteiger partial charge in [-0.1, -0.05) is 36.4 Å². The summed E-state index contributed by atoms with van der Waals surface area (Å²) < 4.78 is 20.3. The van der Waals surface area contributed by atoms with Crippen LogP contribution in [0.25, 0.3) is 22.3 Å². The lowest BCUT2D eigenvalue weighted by Crippen LogP contribution is -2.13. The predicted octanol–water partition coefficient (Wildman–Crippen LogP) is 5.78. The molecule has 0 unspecified atom stereocenters. The number of nitrogens with one attached hydrogen (secondary N) is 1. The second-order valence-electron chi connectivity index (χ2n) is 7.19. The van der Waals surface area contributed by atoms with Gasteiger partial charge in [-0.2, -0.15) is 4.39 Å². The first kappa shape index (κ1) is 18.9. The number of aromatic nitrogens is 1. The fraction of sp³-hybridized carbons (Fsp3) is 0.167. The molecule has 0 radical (unpaired) electrons. The largest absolute Gasteiger partial charge is 0.455 e. The molecular formula is C24H21FN2O2. The van der Waals surface area contributed by atoms with Crippen molar-refractivity contribution in [1.29, 1.82) is 0 Å². The van der Waals surface area contributed by atoms with Crippen LogP contribution in [0.2, 0.25) is 0 Å². The SMILES string of the molecule is Cc1cc([C@@H](C)Nc2cccnc2F)c2oc(-c3ccccc3)c(C)c(=O)c2c1. The van der Waals surface area contributed by atoms with Crippen molar-refractivity contribution < 1.29 is 8.81 Å². The number of hydrogen-bond acceptors (Lipinski definition) is 4. The van der Waals surface area contributed by atoms with Gasteiger partial charge in [-0.25, -0.2) is 4.98 Å². The van der Waals surface area contributed by atoms with Crippen LogP contribution in [0.1, 0.15) is 29.7 Å². The van der Waals surface area contributed by atoms with E-state index in [-0.39, 0.29) is 11.5 Å². The molecule has 4 nitrogen and oxygen atoms in total. The van der Waals surface area contributed by atoms with Gasteiger partial charge in [-0.3, -0.25) is 4.79 Å². The van der Waals surface area contributed by atoms with Crippen LogP contribution in [-0.4, -0.2) is 4.98 Å². The number of anilines is 1. The molecule has 0 bridgehead atoms. The van der Waals surface area contributed by atoms with E-state index in [1.165, 1.54) is 6.20 Å². The maximum absolute atomic E-state index is 14.0. The average molecular weight is 388 g/mol. The molecule has 1 atom stereocenters. The van der Waals surface area contributed by atoms with E-state index >= 15 is 0 Å². The van der Waals surface area contributed by atoms with Crippen LogP contribution < -0.4 is 10.7 Å². The summed E-state index contributed by atoms with van der Waals surface area (Å²) in [7, 11) is 0. The minimum absolute atomic E-state index is 0.0604. The van der Waals surface area contributed by atoms with Gasteiger partial charge in [0.2, 0.25) is 5.95 Å². The van der Waals surface area contributed by atoms with E-state index in [9.17, 15) is 9.18 Å². The molecule has 2 aromatic carbocycles. The lowest BCUT2D eigenvalue weighted by atomic mass is 9.99. The molecule has 5 heteroatoms. The Balaban J connectivity index is 1.91. The number of halogens is 1. The summed E-state index contributed by atoms with van der Waals surface area (Å²) in [4.78, 5) is 16.8. The zero-order valence-electron chi connectivity index (χ0n) is 16.5. The molecule has 146 valence electrons. The van der Waals surface area contributed by atoms with Crippen molar-refractivity contribution in [1.82, 2.24) is 4.98 Å². The summed E-state index contributed by atoms with van der Waals surface area (Å²) in [6.45, 7) is 5.62. The zero-order valence-corrected chi connectivity index (χ0v) is 16.5. The minimum atomic E-state index is -0.571. The van der Waals surface area contributed by atoms with E-state index < -0.39 is 5.95 Å². The molecule has 2 aromatic heterocycles. The van der Waals surface area contributed by atoms with Gasteiger partial charge in [0, 0.05) is 22.9 Å². The summed E-state index contributed by atoms with van der Waals surface area (Å²) in [5, 5.41) is 3.67. The Bertz CT molecular complexity index is 1250. The van der Waals surface area contributed by atoms with Crippen LogP contribution >= 0.6 is 0 Å². The van der Waals surface area contributed by atoms with Crippen molar-refractivity contribution in [2.75, 3.05) is 5.32 Å². The molecule has 2 heterocycles. The fourth-order valence-electron chi connectivity index (χ4n) is 3.56. The highest BCUT2D eigenvalue weighted by Crippen LogP contribution is 2.32. The summed E-state index contributed by atoms with van der Waals surface area (Å²) in [5.74, 6) is -0.0217. The predicted molar refractivity (Wildman–Crippen MR) is 114 cm³/mol. The molecule has 0 aliphatic carbocycles. The Morgan fingerprint density at radius 3 is 2.55 bits per heavy atom. The Hall–Kier alpha value is -3.47. The van der Waals surface area contributed by atoms with Crippen LogP contribution in [0.5, 0.6) is 0 Å². The van der Waals surface area contributed by atoms with Crippen molar-refractivity contribution >= 4 is 16.7 Å². The highest BCUT2D eigenvalue weighted by atomic mass is 19.1. The van der Waals surface area contributed by atoms with E-state index in [4.69, 9.17) is 4.42 Å². The van der Waals surface area contributed by atoms with Crippen LogP contribution in [0, 0.1) is 19.8 Å². The minimum Gasteiger partial charge on any atom is -0.455 e. The van der Waals surface area contributed by atoms with Crippen LogP contribution in [0.4, 0.5) is 10.1 Å². The third-order valence-electron chi connectivity index (χ3n) is 5.03. The van der Waals surface area contributed by atoms with Crippen molar-refractivity contribution in [3.05, 3.63) is 93.7 Å². The first-order valence-electron chi connectivity index (χ1n) is 9.46. The molecule has 0 fully saturated rings. The number of pyridine rings is 1. The van der Waals surface area contributed by atoms with E-state index in [0.717, 1.165) is 16.7 Å². The Morgan fingerprint density at radius 2 is 1.83 bits per heavy atom.